The van der Waals surface area contributed by atoms with Gasteiger partial charge in [0.1, 0.15) is 0 Å². The summed E-state index contributed by atoms with van der Waals surface area (Å²) >= 11 is 0. The van der Waals surface area contributed by atoms with Crippen molar-refractivity contribution in [2.24, 2.45) is 0 Å². The first-order valence-corrected chi connectivity index (χ1v) is 12.4. The van der Waals surface area contributed by atoms with Crippen molar-refractivity contribution >= 4 is 23.8 Å². The van der Waals surface area contributed by atoms with Gasteiger partial charge in [0.05, 0.1) is 0 Å². The van der Waals surface area contributed by atoms with Crippen molar-refractivity contribution in [2.45, 2.75) is 41.5 Å². The SMILES string of the molecule is Cc1cc(-c2cc(C)c(C)c(C)c2P(c2ccccc2)c2ccccc2)c([O])c(C)c1C. The van der Waals surface area contributed by atoms with Gasteiger partial charge in [-0.1, -0.05) is 66.7 Å². The van der Waals surface area contributed by atoms with Crippen molar-refractivity contribution in [3.8, 4) is 16.9 Å². The minimum atomic E-state index is -0.818. The van der Waals surface area contributed by atoms with Gasteiger partial charge >= 0.3 is 0 Å². The van der Waals surface area contributed by atoms with Gasteiger partial charge in [0, 0.05) is 11.1 Å². The van der Waals surface area contributed by atoms with E-state index in [-0.39, 0.29) is 5.75 Å². The monoisotopic (exact) mass is 437 g/mol. The second kappa shape index (κ2) is 8.93. The van der Waals surface area contributed by atoms with Crippen LogP contribution in [0.3, 0.4) is 0 Å². The standard InChI is InChI=1S/C30H30OP/c1-19-17-27(29(31)23(5)21(19)3)28-18-20(2)22(4)24(6)30(28)32(25-13-9-7-10-14-25)26-15-11-8-12-16-26/h7-18H,1-6H3. The van der Waals surface area contributed by atoms with Crippen LogP contribution in [0.15, 0.2) is 72.8 Å². The number of hydrogen-bond donors (Lipinski definition) is 0. The van der Waals surface area contributed by atoms with Crippen molar-refractivity contribution < 1.29 is 5.11 Å². The lowest BCUT2D eigenvalue weighted by molar-refractivity contribution is 0.353. The van der Waals surface area contributed by atoms with Crippen molar-refractivity contribution in [3.63, 3.8) is 0 Å². The van der Waals surface area contributed by atoms with Crippen LogP contribution in [-0.4, -0.2) is 0 Å². The molecular formula is C30H30OP. The molecule has 1 radical (unpaired) electrons. The van der Waals surface area contributed by atoms with Crippen LogP contribution in [-0.2, 0) is 5.11 Å². The fourth-order valence-electron chi connectivity index (χ4n) is 4.38. The first-order chi connectivity index (χ1) is 15.3. The third kappa shape index (κ3) is 3.87. The van der Waals surface area contributed by atoms with Crippen LogP contribution in [0.2, 0.25) is 0 Å². The lowest BCUT2D eigenvalue weighted by Gasteiger charge is -2.27. The normalized spacial score (nSPS) is 11.2. The highest BCUT2D eigenvalue weighted by atomic mass is 31.1. The summed E-state index contributed by atoms with van der Waals surface area (Å²) < 4.78 is 0. The molecule has 0 atom stereocenters. The third-order valence-electron chi connectivity index (χ3n) is 6.77. The lowest BCUT2D eigenvalue weighted by Crippen LogP contribution is -2.25. The Bertz CT molecular complexity index is 1230. The van der Waals surface area contributed by atoms with E-state index in [1.165, 1.54) is 38.2 Å². The molecule has 32 heavy (non-hydrogen) atoms. The topological polar surface area (TPSA) is 19.9 Å². The van der Waals surface area contributed by atoms with Crippen LogP contribution in [0, 0.1) is 41.5 Å². The van der Waals surface area contributed by atoms with E-state index in [1.807, 2.05) is 13.8 Å². The Balaban J connectivity index is 2.12. The third-order valence-corrected chi connectivity index (χ3v) is 9.42. The van der Waals surface area contributed by atoms with Gasteiger partial charge in [-0.05, 0) is 105 Å². The highest BCUT2D eigenvalue weighted by Gasteiger charge is 2.26. The van der Waals surface area contributed by atoms with E-state index in [2.05, 4.69) is 100 Å². The maximum Gasteiger partial charge on any atom is 0.189 e. The molecule has 0 heterocycles. The van der Waals surface area contributed by atoms with E-state index in [0.717, 1.165) is 22.3 Å². The molecule has 0 aliphatic rings. The summed E-state index contributed by atoms with van der Waals surface area (Å²) in [4.78, 5) is 0. The van der Waals surface area contributed by atoms with Gasteiger partial charge in [0.2, 0.25) is 0 Å². The van der Waals surface area contributed by atoms with Crippen molar-refractivity contribution in [1.82, 2.24) is 0 Å². The van der Waals surface area contributed by atoms with Crippen LogP contribution in [0.1, 0.15) is 33.4 Å². The molecule has 0 N–H and O–H groups in total. The van der Waals surface area contributed by atoms with Gasteiger partial charge in [0.15, 0.2) is 5.75 Å². The number of aryl methyl sites for hydroxylation is 2. The van der Waals surface area contributed by atoms with Crippen molar-refractivity contribution in [1.29, 1.82) is 0 Å². The Kier molecular flexibility index (Phi) is 6.22. The number of rotatable bonds is 4. The zero-order chi connectivity index (χ0) is 23.0. The Hall–Kier alpha value is -2.89. The zero-order valence-electron chi connectivity index (χ0n) is 19.8. The van der Waals surface area contributed by atoms with Gasteiger partial charge < -0.3 is 0 Å². The minimum Gasteiger partial charge on any atom is -0.289 e. The summed E-state index contributed by atoms with van der Waals surface area (Å²) in [5.41, 5.74) is 8.84. The maximum atomic E-state index is 13.5. The molecule has 0 saturated carbocycles. The molecule has 4 aromatic rings. The number of benzene rings is 4. The van der Waals surface area contributed by atoms with Gasteiger partial charge in [-0.25, -0.2) is 0 Å². The van der Waals surface area contributed by atoms with Crippen molar-refractivity contribution in [2.75, 3.05) is 0 Å². The molecule has 4 rings (SSSR count). The van der Waals surface area contributed by atoms with E-state index < -0.39 is 7.92 Å². The highest BCUT2D eigenvalue weighted by molar-refractivity contribution is 7.80. The molecule has 0 aliphatic heterocycles. The maximum absolute atomic E-state index is 13.5. The molecule has 0 spiro atoms. The second-order valence-electron chi connectivity index (χ2n) is 8.67. The molecule has 0 fully saturated rings. The first kappa shape index (κ1) is 22.3. The molecule has 1 nitrogen and oxygen atoms in total. The quantitative estimate of drug-likeness (QED) is 0.303. The molecule has 0 amide bonds. The van der Waals surface area contributed by atoms with E-state index in [1.54, 1.807) is 0 Å². The van der Waals surface area contributed by atoms with Crippen LogP contribution in [0.4, 0.5) is 0 Å². The van der Waals surface area contributed by atoms with Gasteiger partial charge in [-0.2, -0.15) is 0 Å². The summed E-state index contributed by atoms with van der Waals surface area (Å²) in [5, 5.41) is 17.4. The van der Waals surface area contributed by atoms with E-state index in [0.29, 0.717) is 0 Å². The average Bonchev–Trinajstić information content (AvgIpc) is 2.81. The molecular weight excluding hydrogens is 407 g/mol. The second-order valence-corrected chi connectivity index (χ2v) is 10.8. The fraction of sp³-hybridized carbons (Fsp3) is 0.200. The smallest absolute Gasteiger partial charge is 0.189 e. The molecule has 0 bridgehead atoms. The molecule has 0 unspecified atom stereocenters. The minimum absolute atomic E-state index is 0.146. The molecule has 0 aliphatic carbocycles. The summed E-state index contributed by atoms with van der Waals surface area (Å²) in [6.45, 7) is 12.7. The van der Waals surface area contributed by atoms with Gasteiger partial charge in [-0.3, -0.25) is 5.11 Å². The highest BCUT2D eigenvalue weighted by Crippen LogP contribution is 2.43. The largest absolute Gasteiger partial charge is 0.289 e. The van der Waals surface area contributed by atoms with Crippen LogP contribution >= 0.6 is 7.92 Å². The van der Waals surface area contributed by atoms with Gasteiger partial charge in [0.25, 0.3) is 0 Å². The molecule has 0 saturated heterocycles. The van der Waals surface area contributed by atoms with Crippen LogP contribution < -0.4 is 15.9 Å². The van der Waals surface area contributed by atoms with E-state index in [9.17, 15) is 5.11 Å². The summed E-state index contributed by atoms with van der Waals surface area (Å²) in [5.74, 6) is 0.146. The van der Waals surface area contributed by atoms with Crippen LogP contribution in [0.5, 0.6) is 5.75 Å². The summed E-state index contributed by atoms with van der Waals surface area (Å²) in [7, 11) is -0.818. The summed E-state index contributed by atoms with van der Waals surface area (Å²) in [6.07, 6.45) is 0. The summed E-state index contributed by atoms with van der Waals surface area (Å²) in [6, 6.07) is 25.8. The van der Waals surface area contributed by atoms with Gasteiger partial charge in [-0.15, -0.1) is 0 Å². The Morgan fingerprint density at radius 1 is 0.531 bits per heavy atom. The zero-order valence-corrected chi connectivity index (χ0v) is 20.7. The lowest BCUT2D eigenvalue weighted by atomic mass is 9.91. The molecule has 4 aromatic carbocycles. The first-order valence-electron chi connectivity index (χ1n) is 11.1. The van der Waals surface area contributed by atoms with E-state index >= 15 is 0 Å². The Labute approximate surface area is 193 Å². The Morgan fingerprint density at radius 3 is 1.47 bits per heavy atom. The predicted octanol–water partition coefficient (Wildman–Crippen LogP) is 7.11. The van der Waals surface area contributed by atoms with Crippen LogP contribution in [0.25, 0.3) is 11.1 Å². The predicted molar refractivity (Wildman–Crippen MR) is 139 cm³/mol. The van der Waals surface area contributed by atoms with E-state index in [4.69, 9.17) is 0 Å². The molecule has 161 valence electrons. The Morgan fingerprint density at radius 2 is 0.969 bits per heavy atom. The van der Waals surface area contributed by atoms with Crippen molar-refractivity contribution in [3.05, 3.63) is 106 Å². The molecule has 2 heteroatoms. The average molecular weight is 438 g/mol. The fourth-order valence-corrected chi connectivity index (χ4v) is 7.07. The number of hydrogen-bond acceptors (Lipinski definition) is 0. The molecule has 0 aromatic heterocycles.